The second-order valence-electron chi connectivity index (χ2n) is 3.20. The van der Waals surface area contributed by atoms with Gasteiger partial charge in [0.1, 0.15) is 5.82 Å². The van der Waals surface area contributed by atoms with E-state index in [2.05, 4.69) is 10.3 Å². The Morgan fingerprint density at radius 1 is 1.38 bits per heavy atom. The summed E-state index contributed by atoms with van der Waals surface area (Å²) < 4.78 is 24.2. The zero-order valence-electron chi connectivity index (χ0n) is 7.00. The van der Waals surface area contributed by atoms with Crippen LogP contribution in [0.25, 0.3) is 0 Å². The number of rotatable bonds is 3. The van der Waals surface area contributed by atoms with Gasteiger partial charge in [-0.15, -0.1) is 0 Å². The molecule has 0 spiro atoms. The third-order valence-electron chi connectivity index (χ3n) is 1.97. The van der Waals surface area contributed by atoms with Gasteiger partial charge in [-0.25, -0.2) is 13.8 Å². The van der Waals surface area contributed by atoms with E-state index in [0.717, 1.165) is 12.8 Å². The van der Waals surface area contributed by atoms with Crippen LogP contribution >= 0.6 is 0 Å². The predicted octanol–water partition coefficient (Wildman–Crippen LogP) is 2.59. The van der Waals surface area contributed by atoms with E-state index < -0.39 is 6.43 Å². The molecule has 0 aliphatic heterocycles. The summed E-state index contributed by atoms with van der Waals surface area (Å²) >= 11 is 0. The number of pyridine rings is 1. The standard InChI is InChI=1S/C9H10F2N2/c10-9(11)6-1-4-8(12-5-6)13-7-2-3-7/h1,4-5,7,9H,2-3H2,(H,12,13). The van der Waals surface area contributed by atoms with E-state index >= 15 is 0 Å². The maximum atomic E-state index is 12.1. The molecule has 0 atom stereocenters. The first-order chi connectivity index (χ1) is 6.25. The molecular formula is C9H10F2N2. The van der Waals surface area contributed by atoms with E-state index in [1.807, 2.05) is 0 Å². The quantitative estimate of drug-likeness (QED) is 0.780. The van der Waals surface area contributed by atoms with Gasteiger partial charge in [0.25, 0.3) is 6.43 Å². The third kappa shape index (κ3) is 2.14. The van der Waals surface area contributed by atoms with Crippen LogP contribution in [-0.4, -0.2) is 11.0 Å². The Morgan fingerprint density at radius 3 is 2.62 bits per heavy atom. The molecule has 2 nitrogen and oxygen atoms in total. The summed E-state index contributed by atoms with van der Waals surface area (Å²) in [5.41, 5.74) is -0.0265. The number of aromatic nitrogens is 1. The van der Waals surface area contributed by atoms with E-state index in [0.29, 0.717) is 11.9 Å². The molecule has 2 rings (SSSR count). The van der Waals surface area contributed by atoms with Crippen molar-refractivity contribution in [1.82, 2.24) is 4.98 Å². The van der Waals surface area contributed by atoms with Gasteiger partial charge in [0, 0.05) is 17.8 Å². The van der Waals surface area contributed by atoms with Gasteiger partial charge >= 0.3 is 0 Å². The summed E-state index contributed by atoms with van der Waals surface area (Å²) in [6.07, 6.45) is 1.09. The van der Waals surface area contributed by atoms with Gasteiger partial charge in [-0.3, -0.25) is 0 Å². The van der Waals surface area contributed by atoms with Crippen molar-refractivity contribution in [1.29, 1.82) is 0 Å². The molecule has 0 amide bonds. The highest BCUT2D eigenvalue weighted by atomic mass is 19.3. The first-order valence-corrected chi connectivity index (χ1v) is 4.26. The number of nitrogens with zero attached hydrogens (tertiary/aromatic N) is 1. The Bertz CT molecular complexity index is 280. The van der Waals surface area contributed by atoms with Crippen LogP contribution in [0, 0.1) is 0 Å². The predicted molar refractivity (Wildman–Crippen MR) is 45.8 cm³/mol. The van der Waals surface area contributed by atoms with Crippen LogP contribution in [0.15, 0.2) is 18.3 Å². The molecule has 1 heterocycles. The van der Waals surface area contributed by atoms with E-state index in [-0.39, 0.29) is 5.56 Å². The number of halogens is 2. The van der Waals surface area contributed by atoms with E-state index in [1.54, 1.807) is 6.07 Å². The normalized spacial score (nSPS) is 16.2. The molecule has 0 aromatic carbocycles. The molecule has 1 N–H and O–H groups in total. The first kappa shape index (κ1) is 8.41. The second-order valence-corrected chi connectivity index (χ2v) is 3.20. The number of hydrogen-bond acceptors (Lipinski definition) is 2. The fraction of sp³-hybridized carbons (Fsp3) is 0.444. The minimum absolute atomic E-state index is 0.0265. The summed E-state index contributed by atoms with van der Waals surface area (Å²) in [7, 11) is 0. The zero-order valence-corrected chi connectivity index (χ0v) is 7.00. The van der Waals surface area contributed by atoms with Crippen molar-refractivity contribution in [3.63, 3.8) is 0 Å². The number of anilines is 1. The van der Waals surface area contributed by atoms with Gasteiger partial charge in [0.05, 0.1) is 0 Å². The molecule has 1 aromatic rings. The molecule has 0 radical (unpaired) electrons. The molecule has 0 bridgehead atoms. The summed E-state index contributed by atoms with van der Waals surface area (Å²) in [5.74, 6) is 0.687. The molecule has 4 heteroatoms. The van der Waals surface area contributed by atoms with Crippen molar-refractivity contribution >= 4 is 5.82 Å². The van der Waals surface area contributed by atoms with E-state index in [1.165, 1.54) is 12.3 Å². The second kappa shape index (κ2) is 3.28. The smallest absolute Gasteiger partial charge is 0.265 e. The molecule has 1 saturated carbocycles. The number of hydrogen-bond donors (Lipinski definition) is 1. The molecule has 13 heavy (non-hydrogen) atoms. The van der Waals surface area contributed by atoms with Crippen LogP contribution in [0.3, 0.4) is 0 Å². The van der Waals surface area contributed by atoms with Crippen molar-refractivity contribution in [3.8, 4) is 0 Å². The van der Waals surface area contributed by atoms with Gasteiger partial charge in [-0.05, 0) is 25.0 Å². The molecule has 70 valence electrons. The fourth-order valence-corrected chi connectivity index (χ4v) is 1.06. The van der Waals surface area contributed by atoms with Gasteiger partial charge < -0.3 is 5.32 Å². The fourth-order valence-electron chi connectivity index (χ4n) is 1.06. The molecule has 0 unspecified atom stereocenters. The molecule has 0 saturated heterocycles. The Balaban J connectivity index is 2.04. The van der Waals surface area contributed by atoms with Gasteiger partial charge in [0.15, 0.2) is 0 Å². The van der Waals surface area contributed by atoms with Gasteiger partial charge in [-0.2, -0.15) is 0 Å². The Labute approximate surface area is 75.0 Å². The highest BCUT2D eigenvalue weighted by Crippen LogP contribution is 2.24. The van der Waals surface area contributed by atoms with Gasteiger partial charge in [-0.1, -0.05) is 0 Å². The molecular weight excluding hydrogens is 174 g/mol. The maximum Gasteiger partial charge on any atom is 0.265 e. The molecule has 1 aliphatic carbocycles. The number of alkyl halides is 2. The van der Waals surface area contributed by atoms with Crippen LogP contribution in [0.1, 0.15) is 24.8 Å². The molecule has 1 aliphatic rings. The van der Waals surface area contributed by atoms with Crippen molar-refractivity contribution < 1.29 is 8.78 Å². The summed E-state index contributed by atoms with van der Waals surface area (Å²) in [6.45, 7) is 0. The van der Waals surface area contributed by atoms with Crippen molar-refractivity contribution in [2.45, 2.75) is 25.3 Å². The summed E-state index contributed by atoms with van der Waals surface area (Å²) in [4.78, 5) is 3.89. The van der Waals surface area contributed by atoms with Crippen LogP contribution < -0.4 is 5.32 Å². The SMILES string of the molecule is FC(F)c1ccc(NC2CC2)nc1. The average Bonchev–Trinajstić information content (AvgIpc) is 2.89. The van der Waals surface area contributed by atoms with E-state index in [9.17, 15) is 8.78 Å². The summed E-state index contributed by atoms with van der Waals surface area (Å²) in [5, 5.41) is 3.13. The minimum atomic E-state index is -2.43. The lowest BCUT2D eigenvalue weighted by molar-refractivity contribution is 0.151. The lowest BCUT2D eigenvalue weighted by Crippen LogP contribution is -2.02. The third-order valence-corrected chi connectivity index (χ3v) is 1.97. The zero-order chi connectivity index (χ0) is 9.26. The number of nitrogens with one attached hydrogen (secondary N) is 1. The Morgan fingerprint density at radius 2 is 2.15 bits per heavy atom. The average molecular weight is 184 g/mol. The minimum Gasteiger partial charge on any atom is -0.367 e. The monoisotopic (exact) mass is 184 g/mol. The molecule has 1 fully saturated rings. The topological polar surface area (TPSA) is 24.9 Å². The highest BCUT2D eigenvalue weighted by Gasteiger charge is 2.21. The van der Waals surface area contributed by atoms with Crippen molar-refractivity contribution in [2.75, 3.05) is 5.32 Å². The van der Waals surface area contributed by atoms with Gasteiger partial charge in [0.2, 0.25) is 0 Å². The van der Waals surface area contributed by atoms with Crippen molar-refractivity contribution in [2.24, 2.45) is 0 Å². The largest absolute Gasteiger partial charge is 0.367 e. The Kier molecular flexibility index (Phi) is 2.12. The van der Waals surface area contributed by atoms with Crippen LogP contribution in [-0.2, 0) is 0 Å². The van der Waals surface area contributed by atoms with Crippen LogP contribution in [0.4, 0.5) is 14.6 Å². The Hall–Kier alpha value is -1.19. The first-order valence-electron chi connectivity index (χ1n) is 4.26. The van der Waals surface area contributed by atoms with Crippen LogP contribution in [0.5, 0.6) is 0 Å². The lowest BCUT2D eigenvalue weighted by Gasteiger charge is -2.03. The molecule has 1 aromatic heterocycles. The summed E-state index contributed by atoms with van der Waals surface area (Å²) in [6, 6.07) is 3.51. The maximum absolute atomic E-state index is 12.1. The highest BCUT2D eigenvalue weighted by molar-refractivity contribution is 5.38. The van der Waals surface area contributed by atoms with Crippen molar-refractivity contribution in [3.05, 3.63) is 23.9 Å². The lowest BCUT2D eigenvalue weighted by atomic mass is 10.3. The van der Waals surface area contributed by atoms with E-state index in [4.69, 9.17) is 0 Å². The van der Waals surface area contributed by atoms with Crippen LogP contribution in [0.2, 0.25) is 0 Å².